The Bertz CT molecular complexity index is 1020. The van der Waals surface area contributed by atoms with Crippen LogP contribution in [0.3, 0.4) is 0 Å². The van der Waals surface area contributed by atoms with E-state index in [1.54, 1.807) is 30.3 Å². The van der Waals surface area contributed by atoms with Gasteiger partial charge in [0.2, 0.25) is 0 Å². The van der Waals surface area contributed by atoms with E-state index < -0.39 is 11.9 Å². The molecule has 0 atom stereocenters. The van der Waals surface area contributed by atoms with E-state index in [2.05, 4.69) is 5.32 Å². The van der Waals surface area contributed by atoms with E-state index in [1.165, 1.54) is 6.08 Å². The number of furan rings is 1. The lowest BCUT2D eigenvalue weighted by Crippen LogP contribution is -2.30. The smallest absolute Gasteiger partial charge is 0.329 e. The predicted octanol–water partition coefficient (Wildman–Crippen LogP) is 4.69. The van der Waals surface area contributed by atoms with Crippen LogP contribution in [0, 0.1) is 0 Å². The molecule has 6 heteroatoms. The Morgan fingerprint density at radius 1 is 0.963 bits per heavy atom. The number of imide groups is 1. The summed E-state index contributed by atoms with van der Waals surface area (Å²) < 4.78 is 5.77. The fourth-order valence-corrected chi connectivity index (χ4v) is 2.94. The Morgan fingerprint density at radius 2 is 1.70 bits per heavy atom. The zero-order valence-corrected chi connectivity index (χ0v) is 14.9. The lowest BCUT2D eigenvalue weighted by molar-refractivity contribution is -0.123. The predicted molar refractivity (Wildman–Crippen MR) is 103 cm³/mol. The van der Waals surface area contributed by atoms with Crippen LogP contribution >= 0.6 is 11.6 Å². The summed E-state index contributed by atoms with van der Waals surface area (Å²) in [7, 11) is 0. The Kier molecular flexibility index (Phi) is 4.52. The minimum atomic E-state index is -0.462. The van der Waals surface area contributed by atoms with Crippen molar-refractivity contribution in [3.8, 4) is 11.3 Å². The summed E-state index contributed by atoms with van der Waals surface area (Å²) in [5.74, 6) is 0.788. The van der Waals surface area contributed by atoms with Crippen molar-refractivity contribution in [2.45, 2.75) is 6.54 Å². The molecule has 3 aromatic rings. The summed E-state index contributed by atoms with van der Waals surface area (Å²) in [6.45, 7) is 0.173. The average Bonchev–Trinajstić information content (AvgIpc) is 3.25. The van der Waals surface area contributed by atoms with Gasteiger partial charge in [-0.25, -0.2) is 4.79 Å². The van der Waals surface area contributed by atoms with Gasteiger partial charge in [0, 0.05) is 16.7 Å². The number of amides is 3. The number of nitrogens with zero attached hydrogens (tertiary/aromatic N) is 1. The molecular formula is C21H15ClN2O3. The van der Waals surface area contributed by atoms with Gasteiger partial charge in [0.05, 0.1) is 6.54 Å². The third kappa shape index (κ3) is 3.64. The average molecular weight is 379 g/mol. The third-order valence-corrected chi connectivity index (χ3v) is 4.44. The number of hydrogen-bond acceptors (Lipinski definition) is 3. The molecule has 2 aromatic carbocycles. The first-order chi connectivity index (χ1) is 13.1. The minimum Gasteiger partial charge on any atom is -0.457 e. The van der Waals surface area contributed by atoms with Gasteiger partial charge in [0.25, 0.3) is 5.91 Å². The van der Waals surface area contributed by atoms with E-state index in [1.807, 2.05) is 36.4 Å². The van der Waals surface area contributed by atoms with Crippen LogP contribution in [0.5, 0.6) is 0 Å². The molecule has 5 nitrogen and oxygen atoms in total. The van der Waals surface area contributed by atoms with E-state index in [-0.39, 0.29) is 12.2 Å². The number of hydrogen-bond donors (Lipinski definition) is 1. The summed E-state index contributed by atoms with van der Waals surface area (Å²) in [6.07, 6.45) is 1.54. The van der Waals surface area contributed by atoms with E-state index in [0.29, 0.717) is 16.5 Å². The standard InChI is InChI=1S/C21H15ClN2O3/c22-16-8-6-14(7-9-16)13-24-20(25)18(23-21(24)26)12-17-10-11-19(27-17)15-4-2-1-3-5-15/h1-12H,13H2,(H,23,26)/b18-12+. The van der Waals surface area contributed by atoms with Crippen molar-refractivity contribution >= 4 is 29.6 Å². The van der Waals surface area contributed by atoms with Crippen molar-refractivity contribution in [2.75, 3.05) is 0 Å². The van der Waals surface area contributed by atoms with Gasteiger partial charge >= 0.3 is 6.03 Å². The second-order valence-corrected chi connectivity index (χ2v) is 6.51. The number of rotatable bonds is 4. The first kappa shape index (κ1) is 17.1. The monoisotopic (exact) mass is 378 g/mol. The first-order valence-electron chi connectivity index (χ1n) is 8.34. The van der Waals surface area contributed by atoms with Crippen LogP contribution in [0.2, 0.25) is 5.02 Å². The maximum Gasteiger partial charge on any atom is 0.329 e. The van der Waals surface area contributed by atoms with E-state index >= 15 is 0 Å². The molecule has 1 saturated heterocycles. The van der Waals surface area contributed by atoms with Crippen LogP contribution in [0.1, 0.15) is 11.3 Å². The molecule has 0 bridgehead atoms. The molecule has 3 amide bonds. The number of halogens is 1. The van der Waals surface area contributed by atoms with Gasteiger partial charge in [-0.2, -0.15) is 0 Å². The van der Waals surface area contributed by atoms with Gasteiger partial charge in [0.15, 0.2) is 0 Å². The Balaban J connectivity index is 1.53. The van der Waals surface area contributed by atoms with Crippen LogP contribution in [-0.4, -0.2) is 16.8 Å². The maximum absolute atomic E-state index is 12.6. The lowest BCUT2D eigenvalue weighted by Gasteiger charge is -2.11. The highest BCUT2D eigenvalue weighted by Gasteiger charge is 2.33. The van der Waals surface area contributed by atoms with Crippen LogP contribution in [0.25, 0.3) is 17.4 Å². The molecule has 0 radical (unpaired) electrons. The van der Waals surface area contributed by atoms with Gasteiger partial charge in [0.1, 0.15) is 17.2 Å². The van der Waals surface area contributed by atoms with Crippen LogP contribution in [-0.2, 0) is 11.3 Å². The summed E-state index contributed by atoms with van der Waals surface area (Å²) >= 11 is 5.87. The van der Waals surface area contributed by atoms with Crippen molar-refractivity contribution in [1.82, 2.24) is 10.2 Å². The zero-order chi connectivity index (χ0) is 18.8. The number of nitrogens with one attached hydrogen (secondary N) is 1. The number of carbonyl (C=O) groups excluding carboxylic acids is 2. The molecule has 1 aliphatic rings. The van der Waals surface area contributed by atoms with Gasteiger partial charge in [-0.1, -0.05) is 54.1 Å². The fourth-order valence-electron chi connectivity index (χ4n) is 2.82. The lowest BCUT2D eigenvalue weighted by atomic mass is 10.2. The van der Waals surface area contributed by atoms with Gasteiger partial charge in [-0.05, 0) is 29.8 Å². The summed E-state index contributed by atoms with van der Waals surface area (Å²) in [5, 5.41) is 3.20. The topological polar surface area (TPSA) is 62.6 Å². The van der Waals surface area contributed by atoms with Crippen molar-refractivity contribution < 1.29 is 14.0 Å². The van der Waals surface area contributed by atoms with Gasteiger partial charge in [-0.15, -0.1) is 0 Å². The molecule has 0 saturated carbocycles. The number of carbonyl (C=O) groups is 2. The molecule has 0 spiro atoms. The van der Waals surface area contributed by atoms with Crippen molar-refractivity contribution in [2.24, 2.45) is 0 Å². The van der Waals surface area contributed by atoms with Crippen LogP contribution in [0.15, 0.2) is 76.8 Å². The van der Waals surface area contributed by atoms with Crippen LogP contribution in [0.4, 0.5) is 4.79 Å². The molecule has 1 N–H and O–H groups in total. The summed E-state index contributed by atoms with van der Waals surface area (Å²) in [6, 6.07) is 19.8. The second kappa shape index (κ2) is 7.13. The van der Waals surface area contributed by atoms with Crippen molar-refractivity contribution in [3.05, 3.63) is 88.8 Å². The molecule has 1 aromatic heterocycles. The molecule has 134 valence electrons. The molecule has 1 fully saturated rings. The van der Waals surface area contributed by atoms with E-state index in [0.717, 1.165) is 16.0 Å². The van der Waals surface area contributed by atoms with Gasteiger partial charge in [-0.3, -0.25) is 9.69 Å². The second-order valence-electron chi connectivity index (χ2n) is 6.07. The summed E-state index contributed by atoms with van der Waals surface area (Å²) in [4.78, 5) is 25.9. The third-order valence-electron chi connectivity index (χ3n) is 4.19. The quantitative estimate of drug-likeness (QED) is 0.529. The minimum absolute atomic E-state index is 0.173. The Morgan fingerprint density at radius 3 is 2.44 bits per heavy atom. The zero-order valence-electron chi connectivity index (χ0n) is 14.2. The highest BCUT2D eigenvalue weighted by molar-refractivity contribution is 6.30. The van der Waals surface area contributed by atoms with Crippen molar-refractivity contribution in [3.63, 3.8) is 0 Å². The van der Waals surface area contributed by atoms with Crippen molar-refractivity contribution in [1.29, 1.82) is 0 Å². The SMILES string of the molecule is O=C1N/C(=C/c2ccc(-c3ccccc3)o2)C(=O)N1Cc1ccc(Cl)cc1. The fraction of sp³-hybridized carbons (Fsp3) is 0.0476. The Hall–Kier alpha value is -3.31. The summed E-state index contributed by atoms with van der Waals surface area (Å²) in [5.41, 5.74) is 1.93. The van der Waals surface area contributed by atoms with E-state index in [4.69, 9.17) is 16.0 Å². The van der Waals surface area contributed by atoms with Crippen LogP contribution < -0.4 is 5.32 Å². The molecule has 0 aliphatic carbocycles. The molecule has 2 heterocycles. The number of urea groups is 1. The highest BCUT2D eigenvalue weighted by atomic mass is 35.5. The largest absolute Gasteiger partial charge is 0.457 e. The van der Waals surface area contributed by atoms with E-state index in [9.17, 15) is 9.59 Å². The normalized spacial score (nSPS) is 15.4. The maximum atomic E-state index is 12.6. The molecular weight excluding hydrogens is 364 g/mol. The molecule has 4 rings (SSSR count). The number of benzene rings is 2. The highest BCUT2D eigenvalue weighted by Crippen LogP contribution is 2.24. The molecule has 27 heavy (non-hydrogen) atoms. The molecule has 1 aliphatic heterocycles. The molecule has 0 unspecified atom stereocenters. The van der Waals surface area contributed by atoms with Gasteiger partial charge < -0.3 is 9.73 Å². The first-order valence-corrected chi connectivity index (χ1v) is 8.72. The Labute approximate surface area is 160 Å².